The quantitative estimate of drug-likeness (QED) is 0.585. The Bertz CT molecular complexity index is 640. The van der Waals surface area contributed by atoms with Gasteiger partial charge in [0.1, 0.15) is 5.82 Å². The fraction of sp³-hybridized carbons (Fsp3) is 0.588. The Morgan fingerprint density at radius 3 is 2.52 bits per heavy atom. The molecule has 3 rings (SSSR count). The van der Waals surface area contributed by atoms with Crippen LogP contribution in [0.15, 0.2) is 22.7 Å². The Morgan fingerprint density at radius 1 is 1.24 bits per heavy atom. The third-order valence-electron chi connectivity index (χ3n) is 4.55. The van der Waals surface area contributed by atoms with Crippen LogP contribution in [0.3, 0.4) is 0 Å². The molecule has 2 aromatic rings. The molecule has 4 heteroatoms. The van der Waals surface area contributed by atoms with Gasteiger partial charge in [-0.05, 0) is 56.2 Å². The number of aromatic nitrogens is 2. The summed E-state index contributed by atoms with van der Waals surface area (Å²) in [5.74, 6) is 2.54. The SMILES string of the molecule is CC1CC(C)CC(n2c(C(C)Cl)nc3ccc(Br)cc32)C1. The van der Waals surface area contributed by atoms with E-state index in [4.69, 9.17) is 16.6 Å². The van der Waals surface area contributed by atoms with Crippen molar-refractivity contribution >= 4 is 38.6 Å². The Labute approximate surface area is 140 Å². The van der Waals surface area contributed by atoms with Crippen LogP contribution < -0.4 is 0 Å². The first-order valence-corrected chi connectivity index (χ1v) is 9.00. The number of halogens is 2. The number of fused-ring (bicyclic) bond motifs is 1. The molecule has 1 fully saturated rings. The number of hydrogen-bond acceptors (Lipinski definition) is 1. The van der Waals surface area contributed by atoms with Gasteiger partial charge in [-0.2, -0.15) is 0 Å². The number of hydrogen-bond donors (Lipinski definition) is 0. The summed E-state index contributed by atoms with van der Waals surface area (Å²) < 4.78 is 3.51. The predicted molar refractivity (Wildman–Crippen MR) is 92.9 cm³/mol. The first-order valence-electron chi connectivity index (χ1n) is 7.77. The smallest absolute Gasteiger partial charge is 0.127 e. The highest BCUT2D eigenvalue weighted by atomic mass is 79.9. The summed E-state index contributed by atoms with van der Waals surface area (Å²) in [4.78, 5) is 4.79. The molecule has 0 saturated heterocycles. The van der Waals surface area contributed by atoms with Crippen LogP contribution in [0.4, 0.5) is 0 Å². The molecule has 0 radical (unpaired) electrons. The summed E-state index contributed by atoms with van der Waals surface area (Å²) >= 11 is 10.0. The maximum Gasteiger partial charge on any atom is 0.127 e. The summed E-state index contributed by atoms with van der Waals surface area (Å²) in [6, 6.07) is 6.82. The minimum Gasteiger partial charge on any atom is -0.324 e. The van der Waals surface area contributed by atoms with Gasteiger partial charge >= 0.3 is 0 Å². The first-order chi connectivity index (χ1) is 9.95. The minimum absolute atomic E-state index is 0.0660. The van der Waals surface area contributed by atoms with Gasteiger partial charge in [0.25, 0.3) is 0 Å². The fourth-order valence-electron chi connectivity index (χ4n) is 3.86. The zero-order valence-electron chi connectivity index (χ0n) is 12.8. The van der Waals surface area contributed by atoms with E-state index < -0.39 is 0 Å². The highest BCUT2D eigenvalue weighted by molar-refractivity contribution is 9.10. The molecule has 0 spiro atoms. The van der Waals surface area contributed by atoms with Gasteiger partial charge in [-0.15, -0.1) is 11.6 Å². The van der Waals surface area contributed by atoms with Crippen molar-refractivity contribution in [2.75, 3.05) is 0 Å². The lowest BCUT2D eigenvalue weighted by Gasteiger charge is -2.33. The molecule has 1 aromatic heterocycles. The minimum atomic E-state index is -0.0660. The van der Waals surface area contributed by atoms with Crippen LogP contribution >= 0.6 is 27.5 Å². The van der Waals surface area contributed by atoms with Crippen LogP contribution in [0.2, 0.25) is 0 Å². The highest BCUT2D eigenvalue weighted by Gasteiger charge is 2.29. The molecule has 0 N–H and O–H groups in total. The summed E-state index contributed by atoms with van der Waals surface area (Å²) in [5, 5.41) is -0.0660. The van der Waals surface area contributed by atoms with Crippen LogP contribution in [0, 0.1) is 11.8 Å². The van der Waals surface area contributed by atoms with Gasteiger partial charge in [0.15, 0.2) is 0 Å². The second kappa shape index (κ2) is 5.92. The van der Waals surface area contributed by atoms with Crippen molar-refractivity contribution in [1.82, 2.24) is 9.55 Å². The maximum atomic E-state index is 6.42. The standard InChI is InChI=1S/C17H22BrClN2/c1-10-6-11(2)8-14(7-10)21-16-9-13(18)4-5-15(16)20-17(21)12(3)19/h4-5,9-12,14H,6-8H2,1-3H3. The van der Waals surface area contributed by atoms with Crippen molar-refractivity contribution in [3.05, 3.63) is 28.5 Å². The number of rotatable bonds is 2. The second-order valence-electron chi connectivity index (χ2n) is 6.66. The molecule has 3 unspecified atom stereocenters. The van der Waals surface area contributed by atoms with E-state index in [1.54, 1.807) is 0 Å². The molecule has 1 aliphatic rings. The van der Waals surface area contributed by atoms with Crippen LogP contribution in [-0.2, 0) is 0 Å². The third kappa shape index (κ3) is 3.00. The molecule has 114 valence electrons. The van der Waals surface area contributed by atoms with Gasteiger partial charge in [0.2, 0.25) is 0 Å². The summed E-state index contributed by atoms with van der Waals surface area (Å²) in [6.45, 7) is 6.74. The molecular weight excluding hydrogens is 348 g/mol. The molecule has 1 heterocycles. The first kappa shape index (κ1) is 15.4. The van der Waals surface area contributed by atoms with Crippen molar-refractivity contribution < 1.29 is 0 Å². The van der Waals surface area contributed by atoms with Crippen molar-refractivity contribution in [1.29, 1.82) is 0 Å². The normalized spacial score (nSPS) is 28.0. The van der Waals surface area contributed by atoms with E-state index in [1.165, 1.54) is 24.8 Å². The molecule has 3 atom stereocenters. The van der Waals surface area contributed by atoms with Crippen LogP contribution in [0.1, 0.15) is 57.3 Å². The summed E-state index contributed by atoms with van der Waals surface area (Å²) in [5.41, 5.74) is 2.25. The lowest BCUT2D eigenvalue weighted by Crippen LogP contribution is -2.24. The topological polar surface area (TPSA) is 17.8 Å². The zero-order valence-corrected chi connectivity index (χ0v) is 15.2. The number of nitrogens with zero attached hydrogens (tertiary/aromatic N) is 2. The lowest BCUT2D eigenvalue weighted by molar-refractivity contribution is 0.221. The van der Waals surface area contributed by atoms with E-state index in [9.17, 15) is 0 Å². The van der Waals surface area contributed by atoms with Gasteiger partial charge in [0.05, 0.1) is 16.4 Å². The highest BCUT2D eigenvalue weighted by Crippen LogP contribution is 2.40. The zero-order chi connectivity index (χ0) is 15.1. The molecule has 0 amide bonds. The molecule has 1 aromatic carbocycles. The maximum absolute atomic E-state index is 6.42. The predicted octanol–water partition coefficient (Wildman–Crippen LogP) is 6.10. The van der Waals surface area contributed by atoms with Gasteiger partial charge in [-0.1, -0.05) is 29.8 Å². The van der Waals surface area contributed by atoms with E-state index in [0.717, 1.165) is 27.6 Å². The van der Waals surface area contributed by atoms with Gasteiger partial charge in [-0.3, -0.25) is 0 Å². The Hall–Kier alpha value is -0.540. The number of alkyl halides is 1. The number of imidazole rings is 1. The molecule has 0 bridgehead atoms. The van der Waals surface area contributed by atoms with Crippen molar-refractivity contribution in [2.45, 2.75) is 51.5 Å². The molecule has 2 nitrogen and oxygen atoms in total. The van der Waals surface area contributed by atoms with Gasteiger partial charge in [-0.25, -0.2) is 4.98 Å². The largest absolute Gasteiger partial charge is 0.324 e. The van der Waals surface area contributed by atoms with E-state index in [-0.39, 0.29) is 5.38 Å². The van der Waals surface area contributed by atoms with Gasteiger partial charge < -0.3 is 4.57 Å². The number of benzene rings is 1. The third-order valence-corrected chi connectivity index (χ3v) is 5.24. The summed E-state index contributed by atoms with van der Waals surface area (Å²) in [6.07, 6.45) is 3.77. The monoisotopic (exact) mass is 368 g/mol. The Morgan fingerprint density at radius 2 is 1.90 bits per heavy atom. The molecule has 1 saturated carbocycles. The van der Waals surface area contributed by atoms with E-state index >= 15 is 0 Å². The van der Waals surface area contributed by atoms with E-state index in [0.29, 0.717) is 6.04 Å². The Kier molecular flexibility index (Phi) is 4.33. The van der Waals surface area contributed by atoms with E-state index in [2.05, 4.69) is 52.5 Å². The van der Waals surface area contributed by atoms with Crippen LogP contribution in [0.5, 0.6) is 0 Å². The average Bonchev–Trinajstić information content (AvgIpc) is 2.76. The Balaban J connectivity index is 2.14. The van der Waals surface area contributed by atoms with Crippen LogP contribution in [-0.4, -0.2) is 9.55 Å². The fourth-order valence-corrected chi connectivity index (χ4v) is 4.37. The molecule has 1 aliphatic carbocycles. The van der Waals surface area contributed by atoms with Crippen molar-refractivity contribution in [3.63, 3.8) is 0 Å². The van der Waals surface area contributed by atoms with Crippen LogP contribution in [0.25, 0.3) is 11.0 Å². The van der Waals surface area contributed by atoms with Gasteiger partial charge in [0, 0.05) is 10.5 Å². The van der Waals surface area contributed by atoms with E-state index in [1.807, 2.05) is 6.92 Å². The second-order valence-corrected chi connectivity index (χ2v) is 8.23. The van der Waals surface area contributed by atoms with Crippen molar-refractivity contribution in [3.8, 4) is 0 Å². The lowest BCUT2D eigenvalue weighted by atomic mass is 9.80. The summed E-state index contributed by atoms with van der Waals surface area (Å²) in [7, 11) is 0. The van der Waals surface area contributed by atoms with Crippen molar-refractivity contribution in [2.24, 2.45) is 11.8 Å². The average molecular weight is 370 g/mol. The molecular formula is C17H22BrClN2. The molecule has 21 heavy (non-hydrogen) atoms. The molecule has 0 aliphatic heterocycles.